The van der Waals surface area contributed by atoms with Crippen molar-refractivity contribution in [1.29, 1.82) is 0 Å². The van der Waals surface area contributed by atoms with Gasteiger partial charge in [-0.05, 0) is 42.4 Å². The van der Waals surface area contributed by atoms with Crippen molar-refractivity contribution in [1.82, 2.24) is 10.6 Å². The Morgan fingerprint density at radius 1 is 1.12 bits per heavy atom. The fraction of sp³-hybridized carbons (Fsp3) is 0.200. The number of thiocarbonyl (C=S) groups is 1. The number of hydrogen-bond acceptors (Lipinski definition) is 4. The Hall–Kier alpha value is -2.86. The Bertz CT molecular complexity index is 832. The highest BCUT2D eigenvalue weighted by atomic mass is 32.1. The number of rotatable bonds is 5. The van der Waals surface area contributed by atoms with Gasteiger partial charge in [-0.3, -0.25) is 0 Å². The second-order valence-electron chi connectivity index (χ2n) is 5.91. The molecule has 3 rings (SSSR count). The summed E-state index contributed by atoms with van der Waals surface area (Å²) in [5, 5.41) is 6.63. The third kappa shape index (κ3) is 4.03. The van der Waals surface area contributed by atoms with Gasteiger partial charge in [0.05, 0.1) is 18.7 Å². The molecule has 0 amide bonds. The molecule has 0 spiro atoms. The summed E-state index contributed by atoms with van der Waals surface area (Å²) in [7, 11) is 1.61. The first-order chi connectivity index (χ1) is 12.6. The van der Waals surface area contributed by atoms with E-state index < -0.39 is 0 Å². The van der Waals surface area contributed by atoms with E-state index in [0.29, 0.717) is 16.4 Å². The summed E-state index contributed by atoms with van der Waals surface area (Å²) in [5.74, 6) is 0.369. The van der Waals surface area contributed by atoms with Crippen LogP contribution in [-0.2, 0) is 16.1 Å². The zero-order valence-corrected chi connectivity index (χ0v) is 15.4. The molecule has 0 bridgehead atoms. The number of hydrogen-bond donors (Lipinski definition) is 2. The lowest BCUT2D eigenvalue weighted by Crippen LogP contribution is -2.45. The molecule has 0 radical (unpaired) electrons. The molecule has 2 N–H and O–H groups in total. The van der Waals surface area contributed by atoms with Crippen molar-refractivity contribution in [3.8, 4) is 5.75 Å². The maximum atomic E-state index is 12.8. The van der Waals surface area contributed by atoms with Crippen molar-refractivity contribution < 1.29 is 14.3 Å². The van der Waals surface area contributed by atoms with Gasteiger partial charge >= 0.3 is 5.97 Å². The third-order valence-corrected chi connectivity index (χ3v) is 4.37. The summed E-state index contributed by atoms with van der Waals surface area (Å²) < 4.78 is 10.7. The Labute approximate surface area is 158 Å². The molecule has 134 valence electrons. The standard InChI is InChI=1S/C20H20N2O3S/c1-13-17(19(23)25-12-14-6-4-3-5-7-14)18(22-20(26)21-13)15-8-10-16(24-2)11-9-15/h3-11,18H,12H2,1-2H3,(H2,21,22,26)/t18-/m0/s1. The molecule has 1 aliphatic heterocycles. The average molecular weight is 368 g/mol. The molecule has 26 heavy (non-hydrogen) atoms. The van der Waals surface area contributed by atoms with E-state index in [9.17, 15) is 4.79 Å². The van der Waals surface area contributed by atoms with Gasteiger partial charge in [-0.25, -0.2) is 4.79 Å². The highest BCUT2D eigenvalue weighted by Gasteiger charge is 2.31. The van der Waals surface area contributed by atoms with Gasteiger partial charge in [0.15, 0.2) is 5.11 Å². The van der Waals surface area contributed by atoms with Crippen LogP contribution in [0.3, 0.4) is 0 Å². The van der Waals surface area contributed by atoms with E-state index in [2.05, 4.69) is 10.6 Å². The van der Waals surface area contributed by atoms with Gasteiger partial charge in [-0.1, -0.05) is 42.5 Å². The Morgan fingerprint density at radius 3 is 2.46 bits per heavy atom. The van der Waals surface area contributed by atoms with E-state index >= 15 is 0 Å². The molecular weight excluding hydrogens is 348 g/mol. The first-order valence-electron chi connectivity index (χ1n) is 8.22. The van der Waals surface area contributed by atoms with Crippen LogP contribution in [0, 0.1) is 0 Å². The van der Waals surface area contributed by atoms with Crippen LogP contribution in [0.4, 0.5) is 0 Å². The molecule has 0 saturated heterocycles. The summed E-state index contributed by atoms with van der Waals surface area (Å²) in [4.78, 5) is 12.8. The van der Waals surface area contributed by atoms with Gasteiger partial charge in [0.1, 0.15) is 12.4 Å². The van der Waals surface area contributed by atoms with Crippen LogP contribution in [0.25, 0.3) is 0 Å². The molecule has 6 heteroatoms. The van der Waals surface area contributed by atoms with Crippen LogP contribution < -0.4 is 15.4 Å². The second kappa shape index (κ2) is 8.01. The number of ether oxygens (including phenoxy) is 2. The SMILES string of the molecule is COc1ccc([C@@H]2NC(=S)NC(C)=C2C(=O)OCc2ccccc2)cc1. The minimum atomic E-state index is -0.380. The van der Waals surface area contributed by atoms with Crippen LogP contribution in [0.5, 0.6) is 5.75 Å². The smallest absolute Gasteiger partial charge is 0.338 e. The predicted octanol–water partition coefficient (Wildman–Crippen LogP) is 3.23. The highest BCUT2D eigenvalue weighted by molar-refractivity contribution is 7.80. The summed E-state index contributed by atoms with van der Waals surface area (Å²) in [6.45, 7) is 2.04. The molecule has 0 aliphatic carbocycles. The normalized spacial score (nSPS) is 16.5. The van der Waals surface area contributed by atoms with Crippen LogP contribution >= 0.6 is 12.2 Å². The lowest BCUT2D eigenvalue weighted by molar-refractivity contribution is -0.140. The topological polar surface area (TPSA) is 59.6 Å². The lowest BCUT2D eigenvalue weighted by atomic mass is 9.95. The van der Waals surface area contributed by atoms with Gasteiger partial charge < -0.3 is 20.1 Å². The number of nitrogens with one attached hydrogen (secondary N) is 2. The van der Waals surface area contributed by atoms with E-state index in [1.807, 2.05) is 61.5 Å². The molecule has 0 saturated carbocycles. The van der Waals surface area contributed by atoms with Gasteiger partial charge in [-0.15, -0.1) is 0 Å². The van der Waals surface area contributed by atoms with Crippen LogP contribution in [0.1, 0.15) is 24.1 Å². The molecule has 0 aromatic heterocycles. The molecular formula is C20H20N2O3S. The molecule has 5 nitrogen and oxygen atoms in total. The van der Waals surface area contributed by atoms with E-state index in [-0.39, 0.29) is 18.6 Å². The number of esters is 1. The van der Waals surface area contributed by atoms with Gasteiger partial charge in [0.25, 0.3) is 0 Å². The van der Waals surface area contributed by atoms with Crippen molar-refractivity contribution in [3.63, 3.8) is 0 Å². The number of methoxy groups -OCH3 is 1. The van der Waals surface area contributed by atoms with E-state index in [0.717, 1.165) is 16.9 Å². The fourth-order valence-electron chi connectivity index (χ4n) is 2.81. The third-order valence-electron chi connectivity index (χ3n) is 4.15. The van der Waals surface area contributed by atoms with Crippen LogP contribution in [-0.4, -0.2) is 18.2 Å². The van der Waals surface area contributed by atoms with Crippen molar-refractivity contribution in [2.75, 3.05) is 7.11 Å². The maximum Gasteiger partial charge on any atom is 0.338 e. The fourth-order valence-corrected chi connectivity index (χ4v) is 3.08. The van der Waals surface area contributed by atoms with Crippen molar-refractivity contribution >= 4 is 23.3 Å². The van der Waals surface area contributed by atoms with Gasteiger partial charge in [0, 0.05) is 5.70 Å². The van der Waals surface area contributed by atoms with E-state index in [1.165, 1.54) is 0 Å². The second-order valence-corrected chi connectivity index (χ2v) is 6.31. The highest BCUT2D eigenvalue weighted by Crippen LogP contribution is 2.29. The van der Waals surface area contributed by atoms with Crippen LogP contribution in [0.15, 0.2) is 65.9 Å². The minimum Gasteiger partial charge on any atom is -0.497 e. The van der Waals surface area contributed by atoms with Crippen molar-refractivity contribution in [2.24, 2.45) is 0 Å². The quantitative estimate of drug-likeness (QED) is 0.624. The summed E-state index contributed by atoms with van der Waals surface area (Å²) in [5.41, 5.74) is 3.04. The Morgan fingerprint density at radius 2 is 1.81 bits per heavy atom. The predicted molar refractivity (Wildman–Crippen MR) is 104 cm³/mol. The number of allylic oxidation sites excluding steroid dienone is 1. The molecule has 1 heterocycles. The number of carbonyl (C=O) groups is 1. The summed E-state index contributed by atoms with van der Waals surface area (Å²) in [6, 6.07) is 16.7. The zero-order chi connectivity index (χ0) is 18.5. The van der Waals surface area contributed by atoms with Gasteiger partial charge in [0.2, 0.25) is 0 Å². The summed E-state index contributed by atoms with van der Waals surface area (Å²) >= 11 is 5.26. The lowest BCUT2D eigenvalue weighted by Gasteiger charge is -2.30. The molecule has 2 aromatic carbocycles. The van der Waals surface area contributed by atoms with E-state index in [4.69, 9.17) is 21.7 Å². The average Bonchev–Trinajstić information content (AvgIpc) is 2.66. The molecule has 2 aromatic rings. The summed E-state index contributed by atoms with van der Waals surface area (Å²) in [6.07, 6.45) is 0. The minimum absolute atomic E-state index is 0.218. The molecule has 0 fully saturated rings. The van der Waals surface area contributed by atoms with Crippen molar-refractivity contribution in [2.45, 2.75) is 19.6 Å². The monoisotopic (exact) mass is 368 g/mol. The van der Waals surface area contributed by atoms with E-state index in [1.54, 1.807) is 7.11 Å². The van der Waals surface area contributed by atoms with Crippen LogP contribution in [0.2, 0.25) is 0 Å². The largest absolute Gasteiger partial charge is 0.497 e. The Kier molecular flexibility index (Phi) is 5.53. The molecule has 0 unspecified atom stereocenters. The Balaban J connectivity index is 1.83. The number of benzene rings is 2. The first kappa shape index (κ1) is 17.9. The number of carbonyl (C=O) groups excluding carboxylic acids is 1. The van der Waals surface area contributed by atoms with Crippen molar-refractivity contribution in [3.05, 3.63) is 77.0 Å². The molecule has 1 atom stereocenters. The van der Waals surface area contributed by atoms with Gasteiger partial charge in [-0.2, -0.15) is 0 Å². The zero-order valence-electron chi connectivity index (χ0n) is 14.6. The first-order valence-corrected chi connectivity index (χ1v) is 8.62. The molecule has 1 aliphatic rings. The maximum absolute atomic E-state index is 12.8.